The Morgan fingerprint density at radius 1 is 1.45 bits per heavy atom. The lowest BCUT2D eigenvalue weighted by Gasteiger charge is -2.34. The molecule has 3 nitrogen and oxygen atoms in total. The van der Waals surface area contributed by atoms with Gasteiger partial charge < -0.3 is 9.50 Å². The number of aryl methyl sites for hydroxylation is 1. The van der Waals surface area contributed by atoms with Crippen molar-refractivity contribution in [1.82, 2.24) is 10.2 Å². The molecule has 1 aromatic carbocycles. The van der Waals surface area contributed by atoms with E-state index in [-0.39, 0.29) is 0 Å². The fourth-order valence-electron chi connectivity index (χ4n) is 2.51. The molecule has 0 saturated carbocycles. The average Bonchev–Trinajstić information content (AvgIpc) is 2.45. The molecule has 112 valence electrons. The molecular formula is C16H26N2OS. The Morgan fingerprint density at radius 2 is 2.30 bits per heavy atom. The summed E-state index contributed by atoms with van der Waals surface area (Å²) in [5, 5.41) is 3.50. The van der Waals surface area contributed by atoms with Gasteiger partial charge in [0.25, 0.3) is 0 Å². The maximum absolute atomic E-state index is 5.79. The average molecular weight is 294 g/mol. The van der Waals surface area contributed by atoms with Crippen molar-refractivity contribution in [1.29, 1.82) is 0 Å². The number of benzene rings is 1. The van der Waals surface area contributed by atoms with E-state index in [1.165, 1.54) is 22.4 Å². The topological polar surface area (TPSA) is 24.5 Å². The van der Waals surface area contributed by atoms with Crippen LogP contribution in [0.2, 0.25) is 0 Å². The summed E-state index contributed by atoms with van der Waals surface area (Å²) in [4.78, 5) is 3.73. The molecule has 0 aliphatic carbocycles. The summed E-state index contributed by atoms with van der Waals surface area (Å²) >= 11 is 1.55. The highest BCUT2D eigenvalue weighted by atomic mass is 32.2. The predicted molar refractivity (Wildman–Crippen MR) is 86.1 cm³/mol. The first kappa shape index (κ1) is 15.8. The molecule has 4 heteroatoms. The maximum atomic E-state index is 5.79. The Kier molecular flexibility index (Phi) is 6.36. The quantitative estimate of drug-likeness (QED) is 0.642. The van der Waals surface area contributed by atoms with E-state index in [0.29, 0.717) is 6.04 Å². The molecule has 0 bridgehead atoms. The Bertz CT molecular complexity index is 425. The number of unbranched alkanes of at least 4 members (excludes halogenated alkanes) is 1. The van der Waals surface area contributed by atoms with Gasteiger partial charge in [0, 0.05) is 42.6 Å². The molecule has 1 aromatic rings. The molecule has 1 saturated heterocycles. The van der Waals surface area contributed by atoms with Crippen molar-refractivity contribution in [2.75, 3.05) is 33.3 Å². The highest BCUT2D eigenvalue weighted by molar-refractivity contribution is 7.94. The lowest BCUT2D eigenvalue weighted by atomic mass is 10.0. The summed E-state index contributed by atoms with van der Waals surface area (Å²) in [6.45, 7) is 8.38. The number of likely N-dealkylation sites (N-methyl/N-ethyl adjacent to an activating group) is 1. The second kappa shape index (κ2) is 8.03. The van der Waals surface area contributed by atoms with Gasteiger partial charge in [-0.25, -0.2) is 0 Å². The summed E-state index contributed by atoms with van der Waals surface area (Å²) in [6, 6.07) is 7.02. The third kappa shape index (κ3) is 3.98. The summed E-state index contributed by atoms with van der Waals surface area (Å²) < 4.78 is 5.79. The minimum atomic E-state index is 0.445. The van der Waals surface area contributed by atoms with Crippen molar-refractivity contribution < 1.29 is 4.18 Å². The Morgan fingerprint density at radius 3 is 3.05 bits per heavy atom. The van der Waals surface area contributed by atoms with Gasteiger partial charge in [-0.15, -0.1) is 0 Å². The molecule has 1 atom stereocenters. The van der Waals surface area contributed by atoms with Crippen LogP contribution in [0.15, 0.2) is 23.1 Å². The Labute approximate surface area is 127 Å². The smallest absolute Gasteiger partial charge is 0.0618 e. The van der Waals surface area contributed by atoms with Crippen LogP contribution in [0.4, 0.5) is 0 Å². The van der Waals surface area contributed by atoms with E-state index in [9.17, 15) is 0 Å². The van der Waals surface area contributed by atoms with Gasteiger partial charge in [-0.2, -0.15) is 0 Å². The second-order valence-corrected chi connectivity index (χ2v) is 6.26. The molecular weight excluding hydrogens is 268 g/mol. The molecule has 0 spiro atoms. The van der Waals surface area contributed by atoms with Crippen LogP contribution in [0.25, 0.3) is 0 Å². The van der Waals surface area contributed by atoms with E-state index >= 15 is 0 Å². The van der Waals surface area contributed by atoms with Gasteiger partial charge in [-0.3, -0.25) is 4.90 Å². The highest BCUT2D eigenvalue weighted by Gasteiger charge is 2.23. The predicted octanol–water partition coefficient (Wildman–Crippen LogP) is 3.39. The molecule has 0 amide bonds. The third-order valence-corrected chi connectivity index (χ3v) is 4.84. The molecule has 0 radical (unpaired) electrons. The van der Waals surface area contributed by atoms with Gasteiger partial charge in [0.1, 0.15) is 0 Å². The minimum absolute atomic E-state index is 0.445. The molecule has 0 aromatic heterocycles. The van der Waals surface area contributed by atoms with E-state index in [4.69, 9.17) is 4.18 Å². The first-order valence-electron chi connectivity index (χ1n) is 7.54. The zero-order valence-electron chi connectivity index (χ0n) is 12.8. The minimum Gasteiger partial charge on any atom is -0.314 e. The van der Waals surface area contributed by atoms with Gasteiger partial charge in [0.15, 0.2) is 0 Å². The monoisotopic (exact) mass is 294 g/mol. The summed E-state index contributed by atoms with van der Waals surface area (Å²) in [5.41, 5.74) is 2.70. The first-order valence-corrected chi connectivity index (χ1v) is 8.28. The van der Waals surface area contributed by atoms with E-state index in [1.54, 1.807) is 12.0 Å². The molecule has 1 unspecified atom stereocenters. The highest BCUT2D eigenvalue weighted by Crippen LogP contribution is 2.34. The van der Waals surface area contributed by atoms with Crippen molar-refractivity contribution >= 4 is 12.0 Å². The fourth-order valence-corrected chi connectivity index (χ4v) is 3.33. The van der Waals surface area contributed by atoms with Crippen LogP contribution in [0.3, 0.4) is 0 Å². The zero-order chi connectivity index (χ0) is 14.4. The number of rotatable bonds is 6. The second-order valence-electron chi connectivity index (χ2n) is 5.45. The van der Waals surface area contributed by atoms with Crippen molar-refractivity contribution in [2.24, 2.45) is 0 Å². The standard InChI is InChI=1S/C16H26N2OS/c1-4-5-11-19-20-16-13(2)7-6-8-14(16)15-12-17-9-10-18(15)3/h6-8,15,17H,4-5,9-12H2,1-3H3. The van der Waals surface area contributed by atoms with Gasteiger partial charge in [-0.1, -0.05) is 31.5 Å². The van der Waals surface area contributed by atoms with Crippen LogP contribution < -0.4 is 5.32 Å². The van der Waals surface area contributed by atoms with E-state index in [2.05, 4.69) is 49.3 Å². The molecule has 1 fully saturated rings. The van der Waals surface area contributed by atoms with Gasteiger partial charge in [0.05, 0.1) is 6.61 Å². The third-order valence-electron chi connectivity index (χ3n) is 3.84. The van der Waals surface area contributed by atoms with Crippen LogP contribution in [0.5, 0.6) is 0 Å². The molecule has 20 heavy (non-hydrogen) atoms. The molecule has 2 rings (SSSR count). The largest absolute Gasteiger partial charge is 0.314 e. The van der Waals surface area contributed by atoms with Crippen molar-refractivity contribution in [3.8, 4) is 0 Å². The lowest BCUT2D eigenvalue weighted by molar-refractivity contribution is 0.199. The van der Waals surface area contributed by atoms with Crippen LogP contribution in [0.1, 0.15) is 36.9 Å². The lowest BCUT2D eigenvalue weighted by Crippen LogP contribution is -2.44. The number of nitrogens with zero attached hydrogens (tertiary/aromatic N) is 1. The van der Waals surface area contributed by atoms with Crippen LogP contribution in [0, 0.1) is 6.92 Å². The van der Waals surface area contributed by atoms with Crippen LogP contribution in [-0.2, 0) is 4.18 Å². The van der Waals surface area contributed by atoms with Crippen LogP contribution in [-0.4, -0.2) is 38.2 Å². The SMILES string of the molecule is CCCCOSc1c(C)cccc1C1CNCCN1C. The van der Waals surface area contributed by atoms with Crippen LogP contribution >= 0.6 is 12.0 Å². The first-order chi connectivity index (χ1) is 9.74. The Hall–Kier alpha value is -0.550. The van der Waals surface area contributed by atoms with Gasteiger partial charge >= 0.3 is 0 Å². The Balaban J connectivity index is 2.12. The maximum Gasteiger partial charge on any atom is 0.0618 e. The van der Waals surface area contributed by atoms with E-state index in [0.717, 1.165) is 32.7 Å². The number of piperazine rings is 1. The number of hydrogen-bond acceptors (Lipinski definition) is 4. The van der Waals surface area contributed by atoms with Crippen molar-refractivity contribution in [3.63, 3.8) is 0 Å². The number of nitrogens with one attached hydrogen (secondary N) is 1. The molecule has 1 heterocycles. The van der Waals surface area contributed by atoms with Gasteiger partial charge in [0.2, 0.25) is 0 Å². The molecule has 1 N–H and O–H groups in total. The molecule has 1 aliphatic rings. The van der Waals surface area contributed by atoms with Crippen molar-refractivity contribution in [3.05, 3.63) is 29.3 Å². The number of hydrogen-bond donors (Lipinski definition) is 1. The fraction of sp³-hybridized carbons (Fsp3) is 0.625. The summed E-state index contributed by atoms with van der Waals surface area (Å²) in [7, 11) is 2.21. The zero-order valence-corrected chi connectivity index (χ0v) is 13.6. The normalized spacial score (nSPS) is 20.2. The summed E-state index contributed by atoms with van der Waals surface area (Å²) in [6.07, 6.45) is 2.30. The van der Waals surface area contributed by atoms with Crippen molar-refractivity contribution in [2.45, 2.75) is 37.6 Å². The van der Waals surface area contributed by atoms with E-state index in [1.807, 2.05) is 0 Å². The molecule has 1 aliphatic heterocycles. The summed E-state index contributed by atoms with van der Waals surface area (Å²) in [5.74, 6) is 0. The van der Waals surface area contributed by atoms with Gasteiger partial charge in [-0.05, 0) is 31.5 Å². The van der Waals surface area contributed by atoms with E-state index < -0.39 is 0 Å².